The third-order valence-corrected chi connectivity index (χ3v) is 7.29. The van der Waals surface area contributed by atoms with Gasteiger partial charge in [-0.25, -0.2) is 4.98 Å². The van der Waals surface area contributed by atoms with Crippen molar-refractivity contribution in [2.75, 3.05) is 39.0 Å². The van der Waals surface area contributed by atoms with Gasteiger partial charge in [-0.3, -0.25) is 9.59 Å². The average Bonchev–Trinajstić information content (AvgIpc) is 3.34. The molecule has 190 valence electrons. The van der Waals surface area contributed by atoms with Crippen molar-refractivity contribution in [3.8, 4) is 6.07 Å². The Morgan fingerprint density at radius 1 is 1.28 bits per heavy atom. The van der Waals surface area contributed by atoms with Crippen molar-refractivity contribution in [1.29, 1.82) is 5.26 Å². The number of carbonyl (C=O) groups excluding carboxylic acids is 2. The number of rotatable bonds is 6. The van der Waals surface area contributed by atoms with Crippen molar-refractivity contribution < 1.29 is 9.59 Å². The number of carbonyl (C=O) groups is 2. The monoisotopic (exact) mass is 488 g/mol. The lowest BCUT2D eigenvalue weighted by atomic mass is 9.76. The highest BCUT2D eigenvalue weighted by molar-refractivity contribution is 6.03. The number of aromatic amines is 1. The summed E-state index contributed by atoms with van der Waals surface area (Å²) in [5.74, 6) is 0.315. The summed E-state index contributed by atoms with van der Waals surface area (Å²) >= 11 is 0. The lowest BCUT2D eigenvalue weighted by molar-refractivity contribution is -0.132. The predicted molar refractivity (Wildman–Crippen MR) is 140 cm³/mol. The Hall–Kier alpha value is -3.44. The van der Waals surface area contributed by atoms with Gasteiger partial charge in [-0.1, -0.05) is 26.0 Å². The molecule has 4 rings (SSSR count). The van der Waals surface area contributed by atoms with E-state index >= 15 is 0 Å². The number of anilines is 1. The molecule has 0 saturated carbocycles. The number of piperidine rings is 1. The zero-order valence-corrected chi connectivity index (χ0v) is 21.7. The summed E-state index contributed by atoms with van der Waals surface area (Å²) in [4.78, 5) is 36.0. The molecular formula is C28H36N6O2. The fourth-order valence-electron chi connectivity index (χ4n) is 5.02. The second-order valence-electron chi connectivity index (χ2n) is 11.0. The summed E-state index contributed by atoms with van der Waals surface area (Å²) in [5, 5.41) is 12.0. The van der Waals surface area contributed by atoms with Gasteiger partial charge in [0, 0.05) is 24.3 Å². The van der Waals surface area contributed by atoms with E-state index in [1.165, 1.54) is 17.3 Å². The van der Waals surface area contributed by atoms with E-state index in [9.17, 15) is 9.59 Å². The minimum atomic E-state index is -0.366. The molecule has 0 spiro atoms. The number of likely N-dealkylation sites (tertiary alicyclic amines) is 1. The molecule has 36 heavy (non-hydrogen) atoms. The molecule has 2 heterocycles. The zero-order valence-electron chi connectivity index (χ0n) is 21.7. The molecule has 1 fully saturated rings. The number of allylic oxidation sites excluding steroid dienone is 2. The lowest BCUT2D eigenvalue weighted by Gasteiger charge is -2.33. The maximum atomic E-state index is 12.9. The second-order valence-corrected chi connectivity index (χ2v) is 11.0. The first-order valence-electron chi connectivity index (χ1n) is 12.7. The lowest BCUT2D eigenvalue weighted by Crippen LogP contribution is -2.42. The van der Waals surface area contributed by atoms with Crippen molar-refractivity contribution >= 4 is 23.1 Å². The Morgan fingerprint density at radius 3 is 2.64 bits per heavy atom. The first-order valence-corrected chi connectivity index (χ1v) is 12.7. The van der Waals surface area contributed by atoms with Crippen LogP contribution >= 0.6 is 0 Å². The van der Waals surface area contributed by atoms with Crippen LogP contribution in [-0.2, 0) is 4.79 Å². The van der Waals surface area contributed by atoms with Crippen molar-refractivity contribution in [1.82, 2.24) is 19.8 Å². The summed E-state index contributed by atoms with van der Waals surface area (Å²) in [7, 11) is 3.84. The maximum absolute atomic E-state index is 12.9. The number of imidazole rings is 1. The Bertz CT molecular complexity index is 1190. The van der Waals surface area contributed by atoms with Crippen molar-refractivity contribution in [2.24, 2.45) is 5.41 Å². The number of aromatic nitrogens is 2. The fourth-order valence-corrected chi connectivity index (χ4v) is 5.02. The van der Waals surface area contributed by atoms with Gasteiger partial charge in [0.2, 0.25) is 5.91 Å². The molecule has 8 heteroatoms. The molecule has 2 aromatic rings. The second kappa shape index (κ2) is 10.7. The molecule has 1 saturated heterocycles. The molecule has 0 unspecified atom stereocenters. The number of benzene rings is 1. The first kappa shape index (κ1) is 25.6. The molecule has 2 amide bonds. The van der Waals surface area contributed by atoms with Crippen LogP contribution in [0, 0.1) is 16.7 Å². The van der Waals surface area contributed by atoms with Crippen LogP contribution in [0.1, 0.15) is 79.3 Å². The van der Waals surface area contributed by atoms with Gasteiger partial charge < -0.3 is 20.1 Å². The highest BCUT2D eigenvalue weighted by Crippen LogP contribution is 2.41. The maximum Gasteiger partial charge on any atom is 0.291 e. The number of hydrogen-bond donors (Lipinski definition) is 2. The third-order valence-electron chi connectivity index (χ3n) is 7.29. The molecule has 1 aromatic heterocycles. The number of likely N-dealkylation sites (N-methyl/N-ethyl adjacent to an activating group) is 1. The van der Waals surface area contributed by atoms with Crippen molar-refractivity contribution in [2.45, 2.75) is 51.9 Å². The summed E-state index contributed by atoms with van der Waals surface area (Å²) < 4.78 is 0. The van der Waals surface area contributed by atoms with Crippen LogP contribution in [0.25, 0.3) is 5.57 Å². The van der Waals surface area contributed by atoms with Gasteiger partial charge in [0.25, 0.3) is 5.91 Å². The van der Waals surface area contributed by atoms with E-state index in [0.717, 1.165) is 56.4 Å². The van der Waals surface area contributed by atoms with E-state index < -0.39 is 0 Å². The molecule has 8 nitrogen and oxygen atoms in total. The Morgan fingerprint density at radius 2 is 2.03 bits per heavy atom. The van der Waals surface area contributed by atoms with Gasteiger partial charge >= 0.3 is 0 Å². The number of nitriles is 1. The number of amides is 2. The van der Waals surface area contributed by atoms with Gasteiger partial charge in [-0.15, -0.1) is 0 Å². The Kier molecular flexibility index (Phi) is 7.60. The summed E-state index contributed by atoms with van der Waals surface area (Å²) in [6.45, 7) is 6.55. The minimum absolute atomic E-state index is 0.120. The van der Waals surface area contributed by atoms with Crippen molar-refractivity contribution in [3.05, 3.63) is 53.1 Å². The van der Waals surface area contributed by atoms with Crippen LogP contribution in [0.4, 0.5) is 5.69 Å². The molecule has 0 bridgehead atoms. The minimum Gasteiger partial charge on any atom is -0.342 e. The largest absolute Gasteiger partial charge is 0.342 e. The van der Waals surface area contributed by atoms with Gasteiger partial charge in [0.15, 0.2) is 5.82 Å². The van der Waals surface area contributed by atoms with Crippen LogP contribution in [0.15, 0.2) is 30.5 Å². The quantitative estimate of drug-likeness (QED) is 0.627. The highest BCUT2D eigenvalue weighted by Gasteiger charge is 2.27. The summed E-state index contributed by atoms with van der Waals surface area (Å²) in [6, 6.07) is 8.27. The van der Waals surface area contributed by atoms with Gasteiger partial charge in [-0.2, -0.15) is 5.26 Å². The first-order chi connectivity index (χ1) is 17.1. The predicted octanol–water partition coefficient (Wildman–Crippen LogP) is 4.39. The normalized spacial score (nSPS) is 18.0. The third kappa shape index (κ3) is 6.03. The van der Waals surface area contributed by atoms with Crippen LogP contribution in [0.3, 0.4) is 0 Å². The zero-order chi connectivity index (χ0) is 25.9. The number of nitrogens with one attached hydrogen (secondary N) is 2. The molecule has 1 aromatic carbocycles. The fraction of sp³-hybridized carbons (Fsp3) is 0.500. The topological polar surface area (TPSA) is 105 Å². The van der Waals surface area contributed by atoms with Crippen LogP contribution in [0.2, 0.25) is 0 Å². The molecule has 2 aliphatic rings. The Labute approximate surface area is 213 Å². The Balaban J connectivity index is 1.56. The van der Waals surface area contributed by atoms with Crippen molar-refractivity contribution in [3.63, 3.8) is 0 Å². The smallest absolute Gasteiger partial charge is 0.291 e. The van der Waals surface area contributed by atoms with E-state index in [1.54, 1.807) is 0 Å². The van der Waals surface area contributed by atoms with E-state index in [0.29, 0.717) is 12.5 Å². The molecule has 1 aliphatic carbocycles. The van der Waals surface area contributed by atoms with Crippen LogP contribution < -0.4 is 5.32 Å². The van der Waals surface area contributed by atoms with E-state index in [1.807, 2.05) is 36.0 Å². The number of nitrogens with zero attached hydrogens (tertiary/aromatic N) is 4. The van der Waals surface area contributed by atoms with Crippen LogP contribution in [-0.4, -0.2) is 65.3 Å². The average molecular weight is 489 g/mol. The SMILES string of the molecule is CN(C)CC(=O)N1CCC(c2ccc(NC(=O)c3ncc(C#N)[nH]3)c(C3=CCC(C)(C)CC3)c2)CC1. The van der Waals surface area contributed by atoms with E-state index in [2.05, 4.69) is 47.3 Å². The molecule has 0 radical (unpaired) electrons. The number of H-pyrrole nitrogens is 1. The van der Waals surface area contributed by atoms with Gasteiger partial charge in [0.05, 0.1) is 12.7 Å². The summed E-state index contributed by atoms with van der Waals surface area (Å²) in [5.41, 5.74) is 4.83. The van der Waals surface area contributed by atoms with Gasteiger partial charge in [-0.05, 0) is 80.8 Å². The molecular weight excluding hydrogens is 452 g/mol. The van der Waals surface area contributed by atoms with E-state index in [-0.39, 0.29) is 28.7 Å². The van der Waals surface area contributed by atoms with E-state index in [4.69, 9.17) is 5.26 Å². The number of hydrogen-bond acceptors (Lipinski definition) is 5. The molecule has 0 atom stereocenters. The molecule has 1 aliphatic heterocycles. The highest BCUT2D eigenvalue weighted by atomic mass is 16.2. The summed E-state index contributed by atoms with van der Waals surface area (Å²) in [6.07, 6.45) is 8.57. The van der Waals surface area contributed by atoms with Gasteiger partial charge in [0.1, 0.15) is 11.8 Å². The standard InChI is InChI=1S/C28H36N6O2/c1-28(2)11-7-20(8-12-28)23-15-21(19-9-13-34(14-10-19)25(35)18-33(3)4)5-6-24(23)32-27(36)26-30-17-22(16-29)31-26/h5-7,15,17,19H,8-14,18H2,1-4H3,(H,30,31)(H,32,36). The molecule has 2 N–H and O–H groups in total. The van der Waals surface area contributed by atoms with Crippen LogP contribution in [0.5, 0.6) is 0 Å².